The molecule has 1 N–H and O–H groups in total. The monoisotopic (exact) mass is 523 g/mol. The molecule has 0 radical (unpaired) electrons. The van der Waals surface area contributed by atoms with E-state index in [9.17, 15) is 4.79 Å². The summed E-state index contributed by atoms with van der Waals surface area (Å²) in [7, 11) is 0. The lowest BCUT2D eigenvalue weighted by Gasteiger charge is -2.30. The van der Waals surface area contributed by atoms with Crippen LogP contribution in [-0.4, -0.2) is 47.1 Å². The minimum absolute atomic E-state index is 0.0566. The quantitative estimate of drug-likeness (QED) is 0.486. The van der Waals surface area contributed by atoms with Gasteiger partial charge in [-0.25, -0.2) is 0 Å². The van der Waals surface area contributed by atoms with Crippen LogP contribution >= 0.6 is 15.9 Å². The summed E-state index contributed by atoms with van der Waals surface area (Å²) in [5.74, 6) is 1.42. The van der Waals surface area contributed by atoms with Crippen LogP contribution in [0.25, 0.3) is 11.4 Å². The number of carbonyl (C=O) groups excluding carboxylic acids is 1. The van der Waals surface area contributed by atoms with E-state index in [1.807, 2.05) is 24.3 Å². The lowest BCUT2D eigenvalue weighted by molar-refractivity contribution is -0.126. The van der Waals surface area contributed by atoms with E-state index in [-0.39, 0.29) is 11.8 Å². The Labute approximate surface area is 208 Å². The minimum atomic E-state index is 0.0566. The highest BCUT2D eigenvalue weighted by atomic mass is 79.9. The second-order valence-electron chi connectivity index (χ2n) is 9.15. The normalized spacial score (nSPS) is 17.3. The van der Waals surface area contributed by atoms with Crippen molar-refractivity contribution in [3.05, 3.63) is 64.5 Å². The highest BCUT2D eigenvalue weighted by Gasteiger charge is 2.26. The fraction of sp³-hybridized carbons (Fsp3) is 0.423. The standard InChI is InChI=1S/C26H30BrN5O2/c27-22-7-5-20(6-8-22)25-29-24(34-30-25)18-31-15-11-21(12-16-31)26(33)28-17-19-3-9-23(10-4-19)32-13-1-2-14-32/h3-10,21H,1-2,11-18H2,(H,28,33). The molecule has 0 unspecified atom stereocenters. The van der Waals surface area contributed by atoms with Crippen molar-refractivity contribution in [2.45, 2.75) is 38.8 Å². The van der Waals surface area contributed by atoms with Gasteiger partial charge in [-0.1, -0.05) is 33.2 Å². The number of carbonyl (C=O) groups is 1. The van der Waals surface area contributed by atoms with Crippen LogP contribution in [0, 0.1) is 5.92 Å². The summed E-state index contributed by atoms with van der Waals surface area (Å²) in [5.41, 5.74) is 3.36. The molecule has 2 aliphatic heterocycles. The van der Waals surface area contributed by atoms with Crippen LogP contribution in [0.3, 0.4) is 0 Å². The number of rotatable bonds is 7. The number of halogens is 1. The molecule has 0 bridgehead atoms. The summed E-state index contributed by atoms with van der Waals surface area (Å²) in [6.45, 7) is 5.18. The number of piperidine rings is 1. The Hall–Kier alpha value is -2.71. The van der Waals surface area contributed by atoms with Crippen molar-refractivity contribution < 1.29 is 9.32 Å². The third-order valence-electron chi connectivity index (χ3n) is 6.76. The molecule has 0 atom stereocenters. The number of nitrogens with one attached hydrogen (secondary N) is 1. The summed E-state index contributed by atoms with van der Waals surface area (Å²) < 4.78 is 6.47. The van der Waals surface area contributed by atoms with E-state index in [0.29, 0.717) is 24.8 Å². The number of amides is 1. The smallest absolute Gasteiger partial charge is 0.241 e. The van der Waals surface area contributed by atoms with Crippen molar-refractivity contribution in [2.75, 3.05) is 31.1 Å². The van der Waals surface area contributed by atoms with Crippen LogP contribution in [0.1, 0.15) is 37.1 Å². The molecule has 2 aliphatic rings. The van der Waals surface area contributed by atoms with Crippen LogP contribution in [-0.2, 0) is 17.9 Å². The lowest BCUT2D eigenvalue weighted by Crippen LogP contribution is -2.40. The molecular weight excluding hydrogens is 494 g/mol. The molecule has 0 saturated carbocycles. The molecule has 178 valence electrons. The van der Waals surface area contributed by atoms with E-state index >= 15 is 0 Å². The largest absolute Gasteiger partial charge is 0.372 e. The topological polar surface area (TPSA) is 74.5 Å². The van der Waals surface area contributed by atoms with Crippen LogP contribution in [0.5, 0.6) is 0 Å². The van der Waals surface area contributed by atoms with E-state index in [1.54, 1.807) is 0 Å². The number of anilines is 1. The van der Waals surface area contributed by atoms with E-state index in [0.717, 1.165) is 54.6 Å². The number of aromatic nitrogens is 2. The van der Waals surface area contributed by atoms with Gasteiger partial charge in [-0.3, -0.25) is 9.69 Å². The second-order valence-corrected chi connectivity index (χ2v) is 10.1. The van der Waals surface area contributed by atoms with Crippen molar-refractivity contribution in [1.82, 2.24) is 20.4 Å². The Balaban J connectivity index is 1.06. The maximum atomic E-state index is 12.7. The molecule has 1 aromatic heterocycles. The van der Waals surface area contributed by atoms with Crippen molar-refractivity contribution in [3.63, 3.8) is 0 Å². The zero-order valence-electron chi connectivity index (χ0n) is 19.3. The van der Waals surface area contributed by atoms with E-state index < -0.39 is 0 Å². The Kier molecular flexibility index (Phi) is 7.25. The predicted octanol–water partition coefficient (Wildman–Crippen LogP) is 4.63. The van der Waals surface area contributed by atoms with E-state index in [1.165, 1.54) is 18.5 Å². The first-order valence-corrected chi connectivity index (χ1v) is 12.9. The van der Waals surface area contributed by atoms with E-state index in [4.69, 9.17) is 4.52 Å². The van der Waals surface area contributed by atoms with Gasteiger partial charge in [0, 0.05) is 41.3 Å². The molecule has 0 aliphatic carbocycles. The molecule has 2 fully saturated rings. The van der Waals surface area contributed by atoms with Crippen LogP contribution < -0.4 is 10.2 Å². The first-order chi connectivity index (χ1) is 16.6. The molecule has 2 aromatic carbocycles. The van der Waals surface area contributed by atoms with Crippen molar-refractivity contribution in [3.8, 4) is 11.4 Å². The molecule has 3 aromatic rings. The van der Waals surface area contributed by atoms with Crippen LogP contribution in [0.2, 0.25) is 0 Å². The highest BCUT2D eigenvalue weighted by molar-refractivity contribution is 9.10. The van der Waals surface area contributed by atoms with Gasteiger partial charge in [0.1, 0.15) is 0 Å². The van der Waals surface area contributed by atoms with Gasteiger partial charge in [0.15, 0.2) is 0 Å². The van der Waals surface area contributed by atoms with Gasteiger partial charge >= 0.3 is 0 Å². The fourth-order valence-electron chi connectivity index (χ4n) is 4.71. The average molecular weight is 524 g/mol. The van der Waals surface area contributed by atoms with Gasteiger partial charge in [0.25, 0.3) is 0 Å². The predicted molar refractivity (Wildman–Crippen MR) is 135 cm³/mol. The highest BCUT2D eigenvalue weighted by Crippen LogP contribution is 2.23. The molecule has 0 spiro atoms. The number of hydrogen-bond donors (Lipinski definition) is 1. The molecule has 34 heavy (non-hydrogen) atoms. The summed E-state index contributed by atoms with van der Waals surface area (Å²) in [5, 5.41) is 7.24. The van der Waals surface area contributed by atoms with Crippen LogP contribution in [0.4, 0.5) is 5.69 Å². The van der Waals surface area contributed by atoms with Crippen molar-refractivity contribution in [1.29, 1.82) is 0 Å². The maximum Gasteiger partial charge on any atom is 0.241 e. The molecule has 5 rings (SSSR count). The molecule has 8 heteroatoms. The SMILES string of the molecule is O=C(NCc1ccc(N2CCCC2)cc1)C1CCN(Cc2nc(-c3ccc(Br)cc3)no2)CC1. The number of nitrogens with zero attached hydrogens (tertiary/aromatic N) is 4. The maximum absolute atomic E-state index is 12.7. The van der Waals surface area contributed by atoms with Gasteiger partial charge in [-0.2, -0.15) is 4.98 Å². The Bertz CT molecular complexity index is 1090. The van der Waals surface area contributed by atoms with Crippen molar-refractivity contribution in [2.24, 2.45) is 5.92 Å². The average Bonchev–Trinajstić information content (AvgIpc) is 3.57. The Morgan fingerprint density at radius 1 is 1.00 bits per heavy atom. The summed E-state index contributed by atoms with van der Waals surface area (Å²) in [6.07, 6.45) is 4.23. The molecular formula is C26H30BrN5O2. The minimum Gasteiger partial charge on any atom is -0.372 e. The van der Waals surface area contributed by atoms with Gasteiger partial charge in [-0.15, -0.1) is 0 Å². The first kappa shape index (κ1) is 23.1. The Morgan fingerprint density at radius 2 is 1.71 bits per heavy atom. The first-order valence-electron chi connectivity index (χ1n) is 12.1. The number of likely N-dealkylation sites (tertiary alicyclic amines) is 1. The second kappa shape index (κ2) is 10.7. The molecule has 1 amide bonds. The molecule has 2 saturated heterocycles. The van der Waals surface area contributed by atoms with Gasteiger partial charge < -0.3 is 14.7 Å². The number of hydrogen-bond acceptors (Lipinski definition) is 6. The zero-order valence-corrected chi connectivity index (χ0v) is 20.8. The van der Waals surface area contributed by atoms with E-state index in [2.05, 4.69) is 65.5 Å². The summed E-state index contributed by atoms with van der Waals surface area (Å²) in [4.78, 5) is 22.0. The van der Waals surface area contributed by atoms with Gasteiger partial charge in [-0.05, 0) is 80.7 Å². The third-order valence-corrected chi connectivity index (χ3v) is 7.29. The third kappa shape index (κ3) is 5.67. The molecule has 7 nitrogen and oxygen atoms in total. The van der Waals surface area contributed by atoms with Crippen molar-refractivity contribution >= 4 is 27.5 Å². The molecule has 3 heterocycles. The number of benzene rings is 2. The zero-order chi connectivity index (χ0) is 23.3. The van der Waals surface area contributed by atoms with Crippen LogP contribution in [0.15, 0.2) is 57.5 Å². The summed E-state index contributed by atoms with van der Waals surface area (Å²) in [6, 6.07) is 16.5. The fourth-order valence-corrected chi connectivity index (χ4v) is 4.98. The Morgan fingerprint density at radius 3 is 2.41 bits per heavy atom. The lowest BCUT2D eigenvalue weighted by atomic mass is 9.96. The summed E-state index contributed by atoms with van der Waals surface area (Å²) >= 11 is 3.44. The van der Waals surface area contributed by atoms with Gasteiger partial charge in [0.2, 0.25) is 17.6 Å². The van der Waals surface area contributed by atoms with Gasteiger partial charge in [0.05, 0.1) is 6.54 Å².